The van der Waals surface area contributed by atoms with E-state index < -0.39 is 0 Å². The molecule has 114 valence electrons. The highest BCUT2D eigenvalue weighted by molar-refractivity contribution is 5.99. The monoisotopic (exact) mass is 298 g/mol. The summed E-state index contributed by atoms with van der Waals surface area (Å²) < 4.78 is 10.4. The molecule has 2 aromatic carbocycles. The zero-order valence-electron chi connectivity index (χ0n) is 12.6. The molecule has 0 radical (unpaired) electrons. The number of methoxy groups -OCH3 is 1. The van der Waals surface area contributed by atoms with Crippen molar-refractivity contribution in [2.75, 3.05) is 13.7 Å². The first kappa shape index (κ1) is 15.6. The first-order chi connectivity index (χ1) is 10.7. The van der Waals surface area contributed by atoms with Crippen LogP contribution in [-0.2, 0) is 4.79 Å². The maximum atomic E-state index is 11.7. The van der Waals surface area contributed by atoms with Crippen molar-refractivity contribution in [1.29, 1.82) is 0 Å². The number of hydrogen-bond donors (Lipinski definition) is 1. The Bertz CT molecular complexity index is 637. The Morgan fingerprint density at radius 3 is 2.36 bits per heavy atom. The number of amides is 1. The molecule has 0 fully saturated rings. The number of ether oxygens (including phenoxy) is 2. The molecule has 0 aliphatic heterocycles. The van der Waals surface area contributed by atoms with Crippen LogP contribution in [0.4, 0.5) is 0 Å². The van der Waals surface area contributed by atoms with E-state index in [1.165, 1.54) is 0 Å². The molecular formula is C17H18N2O3. The summed E-state index contributed by atoms with van der Waals surface area (Å²) in [6.45, 7) is 1.74. The van der Waals surface area contributed by atoms with Crippen molar-refractivity contribution in [3.8, 4) is 11.5 Å². The molecule has 0 aromatic heterocycles. The molecule has 2 aromatic rings. The Morgan fingerprint density at radius 1 is 1.05 bits per heavy atom. The van der Waals surface area contributed by atoms with Crippen LogP contribution in [-0.4, -0.2) is 25.3 Å². The molecule has 0 unspecified atom stereocenters. The molecule has 2 rings (SSSR count). The van der Waals surface area contributed by atoms with Gasteiger partial charge in [-0.3, -0.25) is 4.79 Å². The van der Waals surface area contributed by atoms with Gasteiger partial charge in [0.1, 0.15) is 11.5 Å². The number of rotatable bonds is 6. The minimum Gasteiger partial charge on any atom is -0.497 e. The van der Waals surface area contributed by atoms with Crippen molar-refractivity contribution < 1.29 is 14.3 Å². The summed E-state index contributed by atoms with van der Waals surface area (Å²) in [4.78, 5) is 11.7. The van der Waals surface area contributed by atoms with Gasteiger partial charge < -0.3 is 9.47 Å². The van der Waals surface area contributed by atoms with E-state index in [9.17, 15) is 4.79 Å². The predicted octanol–water partition coefficient (Wildman–Crippen LogP) is 2.61. The predicted molar refractivity (Wildman–Crippen MR) is 85.3 cm³/mol. The van der Waals surface area contributed by atoms with Gasteiger partial charge in [-0.1, -0.05) is 18.2 Å². The van der Waals surface area contributed by atoms with Crippen molar-refractivity contribution in [2.24, 2.45) is 5.10 Å². The summed E-state index contributed by atoms with van der Waals surface area (Å²) in [6.07, 6.45) is 0. The normalized spacial score (nSPS) is 10.9. The molecule has 5 heteroatoms. The smallest absolute Gasteiger partial charge is 0.277 e. The van der Waals surface area contributed by atoms with E-state index in [1.807, 2.05) is 49.4 Å². The highest BCUT2D eigenvalue weighted by Crippen LogP contribution is 2.11. The summed E-state index contributed by atoms with van der Waals surface area (Å²) in [7, 11) is 1.61. The molecule has 0 bridgehead atoms. The number of benzene rings is 2. The van der Waals surface area contributed by atoms with Crippen molar-refractivity contribution in [2.45, 2.75) is 6.92 Å². The molecule has 5 nitrogen and oxygen atoms in total. The van der Waals surface area contributed by atoms with Gasteiger partial charge in [0, 0.05) is 0 Å². The first-order valence-corrected chi connectivity index (χ1v) is 6.84. The van der Waals surface area contributed by atoms with Gasteiger partial charge in [-0.25, -0.2) is 5.43 Å². The van der Waals surface area contributed by atoms with Gasteiger partial charge in [-0.05, 0) is 48.9 Å². The molecule has 1 amide bonds. The van der Waals surface area contributed by atoms with Crippen LogP contribution in [0.3, 0.4) is 0 Å². The fourth-order valence-electron chi connectivity index (χ4n) is 1.74. The van der Waals surface area contributed by atoms with Crippen molar-refractivity contribution in [1.82, 2.24) is 5.43 Å². The maximum absolute atomic E-state index is 11.7. The summed E-state index contributed by atoms with van der Waals surface area (Å²) in [5.74, 6) is 1.11. The zero-order chi connectivity index (χ0) is 15.8. The highest BCUT2D eigenvalue weighted by Gasteiger charge is 2.03. The van der Waals surface area contributed by atoms with Crippen molar-refractivity contribution in [3.05, 3.63) is 60.2 Å². The molecule has 0 spiro atoms. The van der Waals surface area contributed by atoms with E-state index in [2.05, 4.69) is 10.5 Å². The lowest BCUT2D eigenvalue weighted by Gasteiger charge is -2.06. The third-order valence-electron chi connectivity index (χ3n) is 2.97. The van der Waals surface area contributed by atoms with Crippen LogP contribution < -0.4 is 14.9 Å². The summed E-state index contributed by atoms with van der Waals surface area (Å²) in [6, 6.07) is 16.6. The van der Waals surface area contributed by atoms with Crippen LogP contribution in [0.25, 0.3) is 0 Å². The molecule has 22 heavy (non-hydrogen) atoms. The molecule has 0 heterocycles. The number of hydrazone groups is 1. The van der Waals surface area contributed by atoms with E-state index in [4.69, 9.17) is 9.47 Å². The number of nitrogens with zero attached hydrogens (tertiary/aromatic N) is 1. The molecule has 0 saturated heterocycles. The summed E-state index contributed by atoms with van der Waals surface area (Å²) >= 11 is 0. The van der Waals surface area contributed by atoms with Gasteiger partial charge in [-0.2, -0.15) is 5.10 Å². The highest BCUT2D eigenvalue weighted by atomic mass is 16.5. The lowest BCUT2D eigenvalue weighted by Crippen LogP contribution is -2.25. The molecule has 0 atom stereocenters. The lowest BCUT2D eigenvalue weighted by atomic mass is 10.1. The fraction of sp³-hybridized carbons (Fsp3) is 0.176. The van der Waals surface area contributed by atoms with Gasteiger partial charge >= 0.3 is 0 Å². The van der Waals surface area contributed by atoms with Gasteiger partial charge in [0.2, 0.25) is 0 Å². The van der Waals surface area contributed by atoms with Gasteiger partial charge in [0.15, 0.2) is 6.61 Å². The number of carbonyl (C=O) groups excluding carboxylic acids is 1. The Labute approximate surface area is 129 Å². The summed E-state index contributed by atoms with van der Waals surface area (Å²) in [5.41, 5.74) is 4.08. The van der Waals surface area contributed by atoms with Crippen LogP contribution in [0, 0.1) is 0 Å². The molecule has 1 N–H and O–H groups in total. The standard InChI is InChI=1S/C17H18N2O3/c1-13(14-8-10-15(21-2)11-9-14)18-19-17(20)12-22-16-6-4-3-5-7-16/h3-11H,12H2,1-2H3,(H,19,20)/b18-13+. The number of nitrogens with one attached hydrogen (secondary N) is 1. The fourth-order valence-corrected chi connectivity index (χ4v) is 1.74. The van der Waals surface area contributed by atoms with E-state index in [0.29, 0.717) is 11.5 Å². The second-order valence-electron chi connectivity index (χ2n) is 4.56. The van der Waals surface area contributed by atoms with E-state index >= 15 is 0 Å². The molecule has 0 saturated carbocycles. The van der Waals surface area contributed by atoms with Crippen molar-refractivity contribution >= 4 is 11.6 Å². The van der Waals surface area contributed by atoms with Crippen LogP contribution in [0.5, 0.6) is 11.5 Å². The number of para-hydroxylation sites is 1. The average molecular weight is 298 g/mol. The van der Waals surface area contributed by atoms with Crippen molar-refractivity contribution in [3.63, 3.8) is 0 Å². The maximum Gasteiger partial charge on any atom is 0.277 e. The minimum atomic E-state index is -0.309. The van der Waals surface area contributed by atoms with E-state index in [-0.39, 0.29) is 12.5 Å². The lowest BCUT2D eigenvalue weighted by molar-refractivity contribution is -0.123. The number of hydrogen-bond acceptors (Lipinski definition) is 4. The van der Waals surface area contributed by atoms with Gasteiger partial charge in [0.05, 0.1) is 12.8 Å². The Morgan fingerprint density at radius 2 is 1.73 bits per heavy atom. The van der Waals surface area contributed by atoms with Crippen LogP contribution in [0.1, 0.15) is 12.5 Å². The quantitative estimate of drug-likeness (QED) is 0.659. The average Bonchev–Trinajstić information content (AvgIpc) is 2.58. The largest absolute Gasteiger partial charge is 0.497 e. The number of carbonyl (C=O) groups is 1. The van der Waals surface area contributed by atoms with Crippen LogP contribution >= 0.6 is 0 Å². The SMILES string of the molecule is COc1ccc(/C(C)=N/NC(=O)COc2ccccc2)cc1. The zero-order valence-corrected chi connectivity index (χ0v) is 12.6. The Hall–Kier alpha value is -2.82. The summed E-state index contributed by atoms with van der Waals surface area (Å²) in [5, 5.41) is 4.06. The van der Waals surface area contributed by atoms with Gasteiger partial charge in [-0.15, -0.1) is 0 Å². The third-order valence-corrected chi connectivity index (χ3v) is 2.97. The molecule has 0 aliphatic carbocycles. The molecular weight excluding hydrogens is 280 g/mol. The second-order valence-corrected chi connectivity index (χ2v) is 4.56. The van der Waals surface area contributed by atoms with Gasteiger partial charge in [0.25, 0.3) is 5.91 Å². The first-order valence-electron chi connectivity index (χ1n) is 6.84. The van der Waals surface area contributed by atoms with E-state index in [0.717, 1.165) is 11.3 Å². The van der Waals surface area contributed by atoms with E-state index in [1.54, 1.807) is 19.2 Å². The molecule has 0 aliphatic rings. The Kier molecular flexibility index (Phi) is 5.54. The third kappa shape index (κ3) is 4.63. The minimum absolute atomic E-state index is 0.0800. The van der Waals surface area contributed by atoms with Crippen LogP contribution in [0.2, 0.25) is 0 Å². The van der Waals surface area contributed by atoms with Crippen LogP contribution in [0.15, 0.2) is 59.7 Å². The topological polar surface area (TPSA) is 59.9 Å². The second kappa shape index (κ2) is 7.83. The Balaban J connectivity index is 1.85.